The molecule has 1 N–H and O–H groups in total. The first-order valence-electron chi connectivity index (χ1n) is 7.19. The molecule has 104 valence electrons. The number of likely N-dealkylation sites (N-methyl/N-ethyl adjacent to an activating group) is 1. The number of rotatable bonds is 3. The molecular weight excluding hydrogens is 228 g/mol. The van der Waals surface area contributed by atoms with Gasteiger partial charge in [-0.25, -0.2) is 0 Å². The van der Waals surface area contributed by atoms with E-state index in [4.69, 9.17) is 0 Å². The molecule has 0 aromatic heterocycles. The summed E-state index contributed by atoms with van der Waals surface area (Å²) in [5.74, 6) is -0.576. The zero-order valence-electron chi connectivity index (χ0n) is 11.7. The van der Waals surface area contributed by atoms with Crippen LogP contribution in [0.4, 0.5) is 0 Å². The number of aliphatic carboxylic acids is 1. The van der Waals surface area contributed by atoms with Crippen LogP contribution in [0, 0.1) is 5.41 Å². The Hall–Kier alpha value is -0.610. The van der Waals surface area contributed by atoms with E-state index in [1.165, 1.54) is 6.42 Å². The molecule has 0 aromatic carbocycles. The second kappa shape index (κ2) is 5.57. The van der Waals surface area contributed by atoms with Gasteiger partial charge in [-0.05, 0) is 26.8 Å². The zero-order valence-corrected chi connectivity index (χ0v) is 11.7. The van der Waals surface area contributed by atoms with Gasteiger partial charge in [-0.15, -0.1) is 0 Å². The number of carbonyl (C=O) groups is 1. The van der Waals surface area contributed by atoms with Crippen LogP contribution in [-0.2, 0) is 4.79 Å². The van der Waals surface area contributed by atoms with Gasteiger partial charge in [-0.2, -0.15) is 0 Å². The van der Waals surface area contributed by atoms with E-state index in [2.05, 4.69) is 23.8 Å². The van der Waals surface area contributed by atoms with Gasteiger partial charge < -0.3 is 10.0 Å². The monoisotopic (exact) mass is 254 g/mol. The van der Waals surface area contributed by atoms with Gasteiger partial charge in [0.05, 0.1) is 5.41 Å². The van der Waals surface area contributed by atoms with E-state index in [1.54, 1.807) is 0 Å². The van der Waals surface area contributed by atoms with Crippen LogP contribution in [0.2, 0.25) is 0 Å². The number of piperazine rings is 1. The smallest absolute Gasteiger partial charge is 0.310 e. The van der Waals surface area contributed by atoms with E-state index in [0.717, 1.165) is 51.9 Å². The molecule has 1 aliphatic carbocycles. The number of hydrogen-bond donors (Lipinski definition) is 1. The third-order valence-corrected chi connectivity index (χ3v) is 4.74. The van der Waals surface area contributed by atoms with Crippen molar-refractivity contribution in [2.24, 2.45) is 5.41 Å². The summed E-state index contributed by atoms with van der Waals surface area (Å²) >= 11 is 0. The lowest BCUT2D eigenvalue weighted by Gasteiger charge is -2.44. The SMILES string of the molecule is CC1CN(C)CCN1CC1(C(=O)O)CCCCC1. The molecule has 18 heavy (non-hydrogen) atoms. The second-order valence-corrected chi connectivity index (χ2v) is 6.23. The van der Waals surface area contributed by atoms with E-state index >= 15 is 0 Å². The topological polar surface area (TPSA) is 43.8 Å². The Morgan fingerprint density at radius 1 is 1.28 bits per heavy atom. The molecule has 0 amide bonds. The normalized spacial score (nSPS) is 30.2. The number of carboxylic acid groups (broad SMARTS) is 1. The van der Waals surface area contributed by atoms with Crippen molar-refractivity contribution in [3.63, 3.8) is 0 Å². The molecule has 0 radical (unpaired) electrons. The van der Waals surface area contributed by atoms with Crippen molar-refractivity contribution in [2.75, 3.05) is 33.2 Å². The van der Waals surface area contributed by atoms with E-state index in [0.29, 0.717) is 6.04 Å². The fourth-order valence-electron chi connectivity index (χ4n) is 3.47. The molecule has 1 saturated heterocycles. The summed E-state index contributed by atoms with van der Waals surface area (Å²) in [6.45, 7) is 6.08. The molecule has 4 nitrogen and oxygen atoms in total. The minimum Gasteiger partial charge on any atom is -0.481 e. The lowest BCUT2D eigenvalue weighted by molar-refractivity contribution is -0.153. The predicted octanol–water partition coefficient (Wildman–Crippen LogP) is 1.66. The van der Waals surface area contributed by atoms with Gasteiger partial charge in [0, 0.05) is 32.2 Å². The molecule has 1 saturated carbocycles. The molecule has 0 aromatic rings. The predicted molar refractivity (Wildman–Crippen MR) is 71.7 cm³/mol. The molecule has 2 fully saturated rings. The summed E-state index contributed by atoms with van der Waals surface area (Å²) in [7, 11) is 2.14. The Bertz CT molecular complexity index is 300. The molecule has 1 unspecified atom stereocenters. The van der Waals surface area contributed by atoms with Crippen LogP contribution in [0.15, 0.2) is 0 Å². The van der Waals surface area contributed by atoms with Gasteiger partial charge >= 0.3 is 5.97 Å². The molecule has 2 rings (SSSR count). The summed E-state index contributed by atoms with van der Waals surface area (Å²) < 4.78 is 0. The first-order valence-corrected chi connectivity index (χ1v) is 7.19. The Morgan fingerprint density at radius 3 is 2.50 bits per heavy atom. The van der Waals surface area contributed by atoms with E-state index < -0.39 is 11.4 Å². The third-order valence-electron chi connectivity index (χ3n) is 4.74. The standard InChI is InChI=1S/C14H26N2O2/c1-12-10-15(2)8-9-16(12)11-14(13(17)18)6-4-3-5-7-14/h12H,3-11H2,1-2H3,(H,17,18). The van der Waals surface area contributed by atoms with Gasteiger partial charge in [-0.3, -0.25) is 9.69 Å². The van der Waals surface area contributed by atoms with Crippen LogP contribution in [-0.4, -0.2) is 60.1 Å². The molecular formula is C14H26N2O2. The van der Waals surface area contributed by atoms with Gasteiger partial charge in [0.2, 0.25) is 0 Å². The highest BCUT2D eigenvalue weighted by Crippen LogP contribution is 2.38. The van der Waals surface area contributed by atoms with Gasteiger partial charge in [0.25, 0.3) is 0 Å². The lowest BCUT2D eigenvalue weighted by atomic mass is 9.73. The number of carboxylic acids is 1. The minimum absolute atomic E-state index is 0.470. The van der Waals surface area contributed by atoms with Crippen LogP contribution >= 0.6 is 0 Å². The summed E-state index contributed by atoms with van der Waals surface area (Å²) in [6.07, 6.45) is 5.08. The lowest BCUT2D eigenvalue weighted by Crippen LogP contribution is -2.55. The first kappa shape index (κ1) is 13.8. The first-order chi connectivity index (χ1) is 8.53. The van der Waals surface area contributed by atoms with Crippen molar-refractivity contribution < 1.29 is 9.90 Å². The molecule has 1 heterocycles. The maximum Gasteiger partial charge on any atom is 0.310 e. The molecule has 4 heteroatoms. The van der Waals surface area contributed by atoms with Crippen molar-refractivity contribution >= 4 is 5.97 Å². The van der Waals surface area contributed by atoms with Crippen LogP contribution in [0.1, 0.15) is 39.0 Å². The molecule has 1 atom stereocenters. The summed E-state index contributed by atoms with van der Waals surface area (Å²) in [4.78, 5) is 16.4. The van der Waals surface area contributed by atoms with Gasteiger partial charge in [-0.1, -0.05) is 19.3 Å². The summed E-state index contributed by atoms with van der Waals surface area (Å²) in [5, 5.41) is 9.62. The van der Waals surface area contributed by atoms with Crippen LogP contribution < -0.4 is 0 Å². The Balaban J connectivity index is 2.02. The largest absolute Gasteiger partial charge is 0.481 e. The molecule has 1 aliphatic heterocycles. The average Bonchev–Trinajstić information content (AvgIpc) is 2.34. The third kappa shape index (κ3) is 2.86. The highest BCUT2D eigenvalue weighted by molar-refractivity contribution is 5.75. The minimum atomic E-state index is -0.576. The molecule has 0 bridgehead atoms. The van der Waals surface area contributed by atoms with E-state index in [1.807, 2.05) is 0 Å². The maximum atomic E-state index is 11.7. The molecule has 2 aliphatic rings. The quantitative estimate of drug-likeness (QED) is 0.832. The summed E-state index contributed by atoms with van der Waals surface area (Å²) in [6, 6.07) is 0.474. The number of hydrogen-bond acceptors (Lipinski definition) is 3. The second-order valence-electron chi connectivity index (χ2n) is 6.23. The van der Waals surface area contributed by atoms with Crippen LogP contribution in [0.3, 0.4) is 0 Å². The van der Waals surface area contributed by atoms with Gasteiger partial charge in [0.1, 0.15) is 0 Å². The Morgan fingerprint density at radius 2 is 1.94 bits per heavy atom. The fourth-order valence-corrected chi connectivity index (χ4v) is 3.47. The van der Waals surface area contributed by atoms with Crippen LogP contribution in [0.5, 0.6) is 0 Å². The van der Waals surface area contributed by atoms with Crippen molar-refractivity contribution in [2.45, 2.75) is 45.1 Å². The summed E-state index contributed by atoms with van der Waals surface area (Å²) in [5.41, 5.74) is -0.470. The van der Waals surface area contributed by atoms with E-state index in [-0.39, 0.29) is 0 Å². The van der Waals surface area contributed by atoms with Crippen molar-refractivity contribution in [3.8, 4) is 0 Å². The fraction of sp³-hybridized carbons (Fsp3) is 0.929. The van der Waals surface area contributed by atoms with Crippen molar-refractivity contribution in [3.05, 3.63) is 0 Å². The van der Waals surface area contributed by atoms with E-state index in [9.17, 15) is 9.90 Å². The Kier molecular flexibility index (Phi) is 4.28. The highest BCUT2D eigenvalue weighted by atomic mass is 16.4. The average molecular weight is 254 g/mol. The van der Waals surface area contributed by atoms with Crippen molar-refractivity contribution in [1.29, 1.82) is 0 Å². The maximum absolute atomic E-state index is 11.7. The van der Waals surface area contributed by atoms with Crippen LogP contribution in [0.25, 0.3) is 0 Å². The van der Waals surface area contributed by atoms with Gasteiger partial charge in [0.15, 0.2) is 0 Å². The molecule has 0 spiro atoms. The Labute approximate surface area is 110 Å². The number of nitrogens with zero attached hydrogens (tertiary/aromatic N) is 2. The highest BCUT2D eigenvalue weighted by Gasteiger charge is 2.42. The van der Waals surface area contributed by atoms with Crippen molar-refractivity contribution in [1.82, 2.24) is 9.80 Å². The zero-order chi connectivity index (χ0) is 13.2.